The first-order valence-corrected chi connectivity index (χ1v) is 8.10. The van der Waals surface area contributed by atoms with E-state index in [1.54, 1.807) is 0 Å². The molecular formula is C15H7F3NNaO5S. The van der Waals surface area contributed by atoms with Gasteiger partial charge in [0.05, 0.1) is 22.7 Å². The van der Waals surface area contributed by atoms with Crippen molar-refractivity contribution >= 4 is 27.5 Å². The first kappa shape index (κ1) is 20.6. The molecule has 0 N–H and O–H groups in total. The van der Waals surface area contributed by atoms with Crippen LogP contribution in [0.4, 0.5) is 18.9 Å². The van der Waals surface area contributed by atoms with Gasteiger partial charge in [-0.05, 0) is 35.9 Å². The van der Waals surface area contributed by atoms with Crippen LogP contribution in [0.5, 0.6) is 0 Å². The standard InChI is InChI=1S/C15H8F3NO5S.Na/c16-10-3-7(4-11(17)13(10)18)6-19-12-2-1-8(25(22,23)24)5-9(12)14(20)15(19)21;/h1-5H,6H2,(H,22,23,24);/q;+1/p-1. The van der Waals surface area contributed by atoms with Crippen molar-refractivity contribution in [3.63, 3.8) is 0 Å². The number of carbonyl (C=O) groups is 2. The predicted molar refractivity (Wildman–Crippen MR) is 76.2 cm³/mol. The summed E-state index contributed by atoms with van der Waals surface area (Å²) in [6.45, 7) is -0.449. The van der Waals surface area contributed by atoms with E-state index in [0.29, 0.717) is 12.1 Å². The summed E-state index contributed by atoms with van der Waals surface area (Å²) in [5.41, 5.74) is -0.455. The Kier molecular flexibility index (Phi) is 5.64. The van der Waals surface area contributed by atoms with E-state index in [1.165, 1.54) is 0 Å². The van der Waals surface area contributed by atoms with Crippen LogP contribution in [0, 0.1) is 17.5 Å². The van der Waals surface area contributed by atoms with Crippen LogP contribution >= 0.6 is 0 Å². The van der Waals surface area contributed by atoms with Crippen LogP contribution in [-0.2, 0) is 21.5 Å². The predicted octanol–water partition coefficient (Wildman–Crippen LogP) is -1.26. The van der Waals surface area contributed by atoms with Crippen LogP contribution in [0.25, 0.3) is 0 Å². The number of amides is 1. The Balaban J connectivity index is 0.00000243. The van der Waals surface area contributed by atoms with Gasteiger partial charge >= 0.3 is 29.6 Å². The molecule has 0 fully saturated rings. The number of Topliss-reactive ketones (excluding diaryl/α,β-unsaturated/α-hetero) is 1. The van der Waals surface area contributed by atoms with Gasteiger partial charge in [-0.1, -0.05) is 0 Å². The number of carbonyl (C=O) groups excluding carboxylic acids is 2. The smallest absolute Gasteiger partial charge is 0.744 e. The molecule has 2 aromatic rings. The van der Waals surface area contributed by atoms with Crippen LogP contribution in [0.2, 0.25) is 0 Å². The van der Waals surface area contributed by atoms with Gasteiger partial charge in [-0.3, -0.25) is 9.59 Å². The maximum absolute atomic E-state index is 13.3. The Morgan fingerprint density at radius 1 is 1.00 bits per heavy atom. The topological polar surface area (TPSA) is 94.6 Å². The normalized spacial score (nSPS) is 13.6. The zero-order valence-electron chi connectivity index (χ0n) is 13.1. The van der Waals surface area contributed by atoms with Gasteiger partial charge in [0.2, 0.25) is 0 Å². The monoisotopic (exact) mass is 393 g/mol. The number of hydrogen-bond donors (Lipinski definition) is 0. The molecule has 11 heteroatoms. The molecule has 0 atom stereocenters. The summed E-state index contributed by atoms with van der Waals surface area (Å²) in [6, 6.07) is 4.09. The molecule has 0 unspecified atom stereocenters. The van der Waals surface area contributed by atoms with Crippen molar-refractivity contribution < 1.29 is 65.3 Å². The van der Waals surface area contributed by atoms with Crippen molar-refractivity contribution in [2.24, 2.45) is 0 Å². The van der Waals surface area contributed by atoms with Gasteiger partial charge in [0.15, 0.2) is 17.5 Å². The molecule has 0 aliphatic carbocycles. The molecule has 0 radical (unpaired) electrons. The average molecular weight is 393 g/mol. The summed E-state index contributed by atoms with van der Waals surface area (Å²) >= 11 is 0. The first-order chi connectivity index (χ1) is 11.6. The molecule has 130 valence electrons. The SMILES string of the molecule is O=C1C(=O)N(Cc2cc(F)c(F)c(F)c2)c2ccc(S(=O)(=O)[O-])cc21.[Na+]. The number of fused-ring (bicyclic) bond motifs is 1. The molecule has 1 aliphatic rings. The van der Waals surface area contributed by atoms with Gasteiger partial charge < -0.3 is 9.45 Å². The zero-order valence-corrected chi connectivity index (χ0v) is 15.9. The van der Waals surface area contributed by atoms with Crippen molar-refractivity contribution in [1.29, 1.82) is 0 Å². The van der Waals surface area contributed by atoms with Crippen molar-refractivity contribution in [3.8, 4) is 0 Å². The minimum atomic E-state index is -4.83. The summed E-state index contributed by atoms with van der Waals surface area (Å²) in [7, 11) is -4.83. The molecule has 0 spiro atoms. The Bertz CT molecular complexity index is 1020. The number of nitrogens with zero attached hydrogens (tertiary/aromatic N) is 1. The molecule has 0 bridgehead atoms. The van der Waals surface area contributed by atoms with Gasteiger partial charge in [-0.25, -0.2) is 21.6 Å². The van der Waals surface area contributed by atoms with Crippen LogP contribution in [0.1, 0.15) is 15.9 Å². The van der Waals surface area contributed by atoms with Crippen molar-refractivity contribution in [3.05, 3.63) is 58.9 Å². The fraction of sp³-hybridized carbons (Fsp3) is 0.0667. The molecule has 0 saturated heterocycles. The van der Waals surface area contributed by atoms with Crippen LogP contribution < -0.4 is 34.5 Å². The van der Waals surface area contributed by atoms with E-state index >= 15 is 0 Å². The third kappa shape index (κ3) is 3.55. The van der Waals surface area contributed by atoms with Crippen LogP contribution in [0.15, 0.2) is 35.2 Å². The minimum Gasteiger partial charge on any atom is -0.744 e. The van der Waals surface area contributed by atoms with E-state index in [9.17, 15) is 35.7 Å². The van der Waals surface area contributed by atoms with Gasteiger partial charge in [-0.15, -0.1) is 0 Å². The summed E-state index contributed by atoms with van der Waals surface area (Å²) in [5.74, 6) is -6.72. The Hall–Kier alpha value is -1.72. The van der Waals surface area contributed by atoms with Crippen molar-refractivity contribution in [1.82, 2.24) is 0 Å². The molecule has 1 aliphatic heterocycles. The zero-order chi connectivity index (χ0) is 18.5. The second-order valence-electron chi connectivity index (χ2n) is 5.23. The molecule has 1 heterocycles. The maximum atomic E-state index is 13.3. The number of benzene rings is 2. The number of ketones is 1. The number of hydrogen-bond acceptors (Lipinski definition) is 5. The van der Waals surface area contributed by atoms with Gasteiger partial charge in [-0.2, -0.15) is 0 Å². The van der Waals surface area contributed by atoms with Gasteiger partial charge in [0.1, 0.15) is 10.1 Å². The number of halogens is 3. The molecule has 0 aromatic heterocycles. The van der Waals surface area contributed by atoms with Crippen LogP contribution in [-0.4, -0.2) is 24.7 Å². The van der Waals surface area contributed by atoms with Gasteiger partial charge in [0, 0.05) is 0 Å². The van der Waals surface area contributed by atoms with E-state index in [2.05, 4.69) is 0 Å². The van der Waals surface area contributed by atoms with E-state index in [0.717, 1.165) is 23.1 Å². The van der Waals surface area contributed by atoms with E-state index in [-0.39, 0.29) is 46.4 Å². The van der Waals surface area contributed by atoms with E-state index in [4.69, 9.17) is 0 Å². The third-order valence-corrected chi connectivity index (χ3v) is 4.45. The number of anilines is 1. The second-order valence-corrected chi connectivity index (χ2v) is 6.61. The third-order valence-electron chi connectivity index (χ3n) is 3.62. The minimum absolute atomic E-state index is 0. The summed E-state index contributed by atoms with van der Waals surface area (Å²) in [5, 5.41) is 0. The maximum Gasteiger partial charge on any atom is 1.00 e. The molecule has 1 amide bonds. The summed E-state index contributed by atoms with van der Waals surface area (Å²) < 4.78 is 72.6. The quantitative estimate of drug-likeness (QED) is 0.281. The fourth-order valence-electron chi connectivity index (χ4n) is 2.47. The number of rotatable bonds is 3. The van der Waals surface area contributed by atoms with Crippen LogP contribution in [0.3, 0.4) is 0 Å². The van der Waals surface area contributed by atoms with E-state index in [1.807, 2.05) is 0 Å². The molecule has 2 aromatic carbocycles. The average Bonchev–Trinajstić information content (AvgIpc) is 2.76. The molecule has 0 saturated carbocycles. The molecular weight excluding hydrogens is 386 g/mol. The van der Waals surface area contributed by atoms with E-state index < -0.39 is 50.7 Å². The fourth-order valence-corrected chi connectivity index (χ4v) is 2.97. The molecule has 26 heavy (non-hydrogen) atoms. The summed E-state index contributed by atoms with van der Waals surface area (Å²) in [4.78, 5) is 24.2. The van der Waals surface area contributed by atoms with Crippen molar-refractivity contribution in [2.45, 2.75) is 11.4 Å². The summed E-state index contributed by atoms with van der Waals surface area (Å²) in [6.07, 6.45) is 0. The Labute approximate surface area is 167 Å². The van der Waals surface area contributed by atoms with Gasteiger partial charge in [0.25, 0.3) is 11.7 Å². The van der Waals surface area contributed by atoms with Crippen molar-refractivity contribution in [2.75, 3.05) is 4.90 Å². The second kappa shape index (κ2) is 7.12. The Morgan fingerprint density at radius 3 is 2.12 bits per heavy atom. The molecule has 6 nitrogen and oxygen atoms in total. The largest absolute Gasteiger partial charge is 1.00 e. The first-order valence-electron chi connectivity index (χ1n) is 6.69. The Morgan fingerprint density at radius 2 is 1.58 bits per heavy atom. The molecule has 3 rings (SSSR count).